The Hall–Kier alpha value is -2.33. The number of nitrogens with zero attached hydrogens (tertiary/aromatic N) is 2. The number of fused-ring (bicyclic) bond motifs is 1. The highest BCUT2D eigenvalue weighted by molar-refractivity contribution is 6.30. The van der Waals surface area contributed by atoms with Gasteiger partial charge < -0.3 is 9.88 Å². The minimum absolute atomic E-state index is 0.117. The topological polar surface area (TPSA) is 46.9 Å². The van der Waals surface area contributed by atoms with E-state index in [4.69, 9.17) is 11.6 Å². The van der Waals surface area contributed by atoms with Gasteiger partial charge in [0, 0.05) is 24.5 Å². The Morgan fingerprint density at radius 3 is 2.69 bits per heavy atom. The first-order valence-corrected chi connectivity index (χ1v) is 9.44. The summed E-state index contributed by atoms with van der Waals surface area (Å²) >= 11 is 5.88. The van der Waals surface area contributed by atoms with Crippen LogP contribution in [0.4, 0.5) is 0 Å². The SMILES string of the molecule is Cc1nc2ccccc2n1CCCNC(=O)CCCc1ccc(Cl)cc1. The summed E-state index contributed by atoms with van der Waals surface area (Å²) in [6.45, 7) is 3.57. The quantitative estimate of drug-likeness (QED) is 0.593. The number of nitrogens with one attached hydrogen (secondary N) is 1. The molecule has 0 aliphatic rings. The van der Waals surface area contributed by atoms with Gasteiger partial charge in [0.1, 0.15) is 5.82 Å². The third-order valence-corrected chi connectivity index (χ3v) is 4.76. The average molecular weight is 370 g/mol. The Bertz CT molecular complexity index is 871. The van der Waals surface area contributed by atoms with Gasteiger partial charge >= 0.3 is 0 Å². The minimum Gasteiger partial charge on any atom is -0.356 e. The highest BCUT2D eigenvalue weighted by atomic mass is 35.5. The first kappa shape index (κ1) is 18.5. The Morgan fingerprint density at radius 1 is 1.12 bits per heavy atom. The molecule has 0 bridgehead atoms. The van der Waals surface area contributed by atoms with Gasteiger partial charge in [-0.3, -0.25) is 4.79 Å². The standard InChI is InChI=1S/C21H24ClN3O/c1-16-24-19-7-2-3-8-20(19)25(16)15-5-14-23-21(26)9-4-6-17-10-12-18(22)13-11-17/h2-3,7-8,10-13H,4-6,9,14-15H2,1H3,(H,23,26). The Balaban J connectivity index is 1.37. The van der Waals surface area contributed by atoms with Crippen molar-refractivity contribution in [2.75, 3.05) is 6.54 Å². The summed E-state index contributed by atoms with van der Waals surface area (Å²) in [6.07, 6.45) is 3.18. The number of carbonyl (C=O) groups is 1. The molecule has 3 aromatic rings. The summed E-state index contributed by atoms with van der Waals surface area (Å²) in [5.74, 6) is 1.13. The largest absolute Gasteiger partial charge is 0.356 e. The van der Waals surface area contributed by atoms with Crippen LogP contribution in [-0.2, 0) is 17.8 Å². The van der Waals surface area contributed by atoms with Crippen LogP contribution >= 0.6 is 11.6 Å². The van der Waals surface area contributed by atoms with Crippen molar-refractivity contribution in [3.8, 4) is 0 Å². The lowest BCUT2D eigenvalue weighted by Crippen LogP contribution is -2.25. The summed E-state index contributed by atoms with van der Waals surface area (Å²) in [7, 11) is 0. The second-order valence-electron chi connectivity index (χ2n) is 6.48. The van der Waals surface area contributed by atoms with E-state index in [1.165, 1.54) is 5.56 Å². The maximum atomic E-state index is 12.0. The van der Waals surface area contributed by atoms with Crippen molar-refractivity contribution < 1.29 is 4.79 Å². The van der Waals surface area contributed by atoms with Crippen LogP contribution in [0.1, 0.15) is 30.7 Å². The molecule has 0 unspecified atom stereocenters. The van der Waals surface area contributed by atoms with Crippen molar-refractivity contribution in [3.05, 3.63) is 64.9 Å². The average Bonchev–Trinajstić information content (AvgIpc) is 2.96. The van der Waals surface area contributed by atoms with E-state index in [-0.39, 0.29) is 5.91 Å². The predicted octanol–water partition coefficient (Wildman–Crippen LogP) is 4.53. The molecule has 0 saturated carbocycles. The van der Waals surface area contributed by atoms with Crippen molar-refractivity contribution in [2.24, 2.45) is 0 Å². The van der Waals surface area contributed by atoms with Crippen LogP contribution in [0, 0.1) is 6.92 Å². The second kappa shape index (κ2) is 8.86. The number of benzene rings is 2. The van der Waals surface area contributed by atoms with Crippen LogP contribution in [0.3, 0.4) is 0 Å². The second-order valence-corrected chi connectivity index (χ2v) is 6.92. The van der Waals surface area contributed by atoms with E-state index in [2.05, 4.69) is 20.9 Å². The molecule has 4 nitrogen and oxygen atoms in total. The van der Waals surface area contributed by atoms with E-state index in [1.807, 2.05) is 49.4 Å². The first-order valence-electron chi connectivity index (χ1n) is 9.06. The van der Waals surface area contributed by atoms with Gasteiger partial charge in [-0.25, -0.2) is 4.98 Å². The molecular formula is C21H24ClN3O. The maximum Gasteiger partial charge on any atom is 0.220 e. The zero-order valence-electron chi connectivity index (χ0n) is 15.0. The van der Waals surface area contributed by atoms with Crippen LogP contribution < -0.4 is 5.32 Å². The molecule has 0 aliphatic heterocycles. The Kier molecular flexibility index (Phi) is 6.29. The van der Waals surface area contributed by atoms with Gasteiger partial charge in [0.25, 0.3) is 0 Å². The lowest BCUT2D eigenvalue weighted by atomic mass is 10.1. The highest BCUT2D eigenvalue weighted by Crippen LogP contribution is 2.15. The highest BCUT2D eigenvalue weighted by Gasteiger charge is 2.06. The van der Waals surface area contributed by atoms with Gasteiger partial charge in [-0.05, 0) is 56.0 Å². The minimum atomic E-state index is 0.117. The predicted molar refractivity (Wildman–Crippen MR) is 106 cm³/mol. The summed E-state index contributed by atoms with van der Waals surface area (Å²) in [5, 5.41) is 3.76. The fourth-order valence-corrected chi connectivity index (χ4v) is 3.26. The van der Waals surface area contributed by atoms with Crippen LogP contribution in [0.25, 0.3) is 11.0 Å². The van der Waals surface area contributed by atoms with Crippen LogP contribution in [0.2, 0.25) is 5.02 Å². The summed E-state index contributed by atoms with van der Waals surface area (Å²) < 4.78 is 2.21. The molecule has 0 fully saturated rings. The van der Waals surface area contributed by atoms with Crippen molar-refractivity contribution in [3.63, 3.8) is 0 Å². The lowest BCUT2D eigenvalue weighted by Gasteiger charge is -2.08. The van der Waals surface area contributed by atoms with Gasteiger partial charge in [0.05, 0.1) is 11.0 Å². The molecule has 26 heavy (non-hydrogen) atoms. The molecule has 0 aliphatic carbocycles. The normalized spacial score (nSPS) is 11.0. The molecule has 0 spiro atoms. The van der Waals surface area contributed by atoms with Crippen molar-refractivity contribution in [2.45, 2.75) is 39.2 Å². The number of carbonyl (C=O) groups excluding carboxylic acids is 1. The smallest absolute Gasteiger partial charge is 0.220 e. The fourth-order valence-electron chi connectivity index (χ4n) is 3.14. The number of para-hydroxylation sites is 2. The third kappa shape index (κ3) is 4.85. The number of rotatable bonds is 8. The number of aryl methyl sites for hydroxylation is 3. The summed E-state index contributed by atoms with van der Waals surface area (Å²) in [5.41, 5.74) is 3.39. The van der Waals surface area contributed by atoms with E-state index in [0.29, 0.717) is 13.0 Å². The summed E-state index contributed by atoms with van der Waals surface area (Å²) in [6, 6.07) is 15.9. The van der Waals surface area contributed by atoms with E-state index >= 15 is 0 Å². The molecule has 136 valence electrons. The van der Waals surface area contributed by atoms with Gasteiger partial charge in [0.2, 0.25) is 5.91 Å². The fraction of sp³-hybridized carbons (Fsp3) is 0.333. The molecule has 0 atom stereocenters. The Morgan fingerprint density at radius 2 is 1.88 bits per heavy atom. The van der Waals surface area contributed by atoms with Crippen LogP contribution in [0.5, 0.6) is 0 Å². The number of halogens is 1. The number of imidazole rings is 1. The van der Waals surface area contributed by atoms with Crippen molar-refractivity contribution in [1.82, 2.24) is 14.9 Å². The van der Waals surface area contributed by atoms with Gasteiger partial charge in [-0.1, -0.05) is 35.9 Å². The molecule has 2 aromatic carbocycles. The number of aromatic nitrogens is 2. The third-order valence-electron chi connectivity index (χ3n) is 4.51. The maximum absolute atomic E-state index is 12.0. The monoisotopic (exact) mass is 369 g/mol. The zero-order valence-corrected chi connectivity index (χ0v) is 15.8. The lowest BCUT2D eigenvalue weighted by molar-refractivity contribution is -0.121. The van der Waals surface area contributed by atoms with Crippen molar-refractivity contribution >= 4 is 28.5 Å². The molecule has 1 aromatic heterocycles. The molecule has 0 radical (unpaired) electrons. The molecule has 3 rings (SSSR count). The molecule has 1 amide bonds. The van der Waals surface area contributed by atoms with Gasteiger partial charge in [-0.2, -0.15) is 0 Å². The first-order chi connectivity index (χ1) is 12.6. The van der Waals surface area contributed by atoms with Gasteiger partial charge in [0.15, 0.2) is 0 Å². The Labute approximate surface area is 159 Å². The van der Waals surface area contributed by atoms with E-state index < -0.39 is 0 Å². The van der Waals surface area contributed by atoms with Crippen LogP contribution in [-0.4, -0.2) is 22.0 Å². The number of hydrogen-bond donors (Lipinski definition) is 1. The zero-order chi connectivity index (χ0) is 18.4. The summed E-state index contributed by atoms with van der Waals surface area (Å²) in [4.78, 5) is 16.5. The molecular weight excluding hydrogens is 346 g/mol. The van der Waals surface area contributed by atoms with Crippen molar-refractivity contribution in [1.29, 1.82) is 0 Å². The van der Waals surface area contributed by atoms with Crippen LogP contribution in [0.15, 0.2) is 48.5 Å². The van der Waals surface area contributed by atoms with Gasteiger partial charge in [-0.15, -0.1) is 0 Å². The van der Waals surface area contributed by atoms with E-state index in [0.717, 1.165) is 47.7 Å². The number of amides is 1. The molecule has 5 heteroatoms. The molecule has 0 saturated heterocycles. The number of hydrogen-bond acceptors (Lipinski definition) is 2. The van der Waals surface area contributed by atoms with E-state index in [1.54, 1.807) is 0 Å². The molecule has 1 heterocycles. The molecule has 1 N–H and O–H groups in total. The van der Waals surface area contributed by atoms with E-state index in [9.17, 15) is 4.79 Å².